The summed E-state index contributed by atoms with van der Waals surface area (Å²) >= 11 is 3.76. The first-order valence-electron chi connectivity index (χ1n) is 9.82. The van der Waals surface area contributed by atoms with Crippen LogP contribution in [0.4, 0.5) is 0 Å². The van der Waals surface area contributed by atoms with E-state index in [4.69, 9.17) is 0 Å². The summed E-state index contributed by atoms with van der Waals surface area (Å²) in [5, 5.41) is 0. The van der Waals surface area contributed by atoms with E-state index in [9.17, 15) is 0 Å². The maximum atomic E-state index is 3.76. The van der Waals surface area contributed by atoms with Gasteiger partial charge in [-0.05, 0) is 81.8 Å². The Kier molecular flexibility index (Phi) is 3.42. The van der Waals surface area contributed by atoms with Crippen molar-refractivity contribution in [3.63, 3.8) is 0 Å². The molecule has 27 heavy (non-hydrogen) atoms. The lowest BCUT2D eigenvalue weighted by Gasteiger charge is -2.38. The van der Waals surface area contributed by atoms with E-state index in [1.54, 1.807) is 11.1 Å². The van der Waals surface area contributed by atoms with Crippen LogP contribution in [0, 0.1) is 19.8 Å². The van der Waals surface area contributed by atoms with E-state index in [1.807, 2.05) is 0 Å². The number of hydrogen-bond donors (Lipinski definition) is 0. The average Bonchev–Trinajstić information content (AvgIpc) is 3.02. The number of rotatable bonds is 0. The normalized spacial score (nSPS) is 24.0. The van der Waals surface area contributed by atoms with Gasteiger partial charge in [0.1, 0.15) is 0 Å². The Balaban J connectivity index is 2.03. The van der Waals surface area contributed by atoms with Crippen LogP contribution in [0.5, 0.6) is 0 Å². The first-order chi connectivity index (χ1) is 12.8. The molecule has 0 nitrogen and oxygen atoms in total. The highest BCUT2D eigenvalue weighted by atomic mass is 79.9. The van der Waals surface area contributed by atoms with Crippen LogP contribution in [0.15, 0.2) is 59.1 Å². The van der Waals surface area contributed by atoms with Gasteiger partial charge in [0, 0.05) is 4.47 Å². The van der Waals surface area contributed by atoms with Crippen LogP contribution in [0.1, 0.15) is 54.2 Å². The summed E-state index contributed by atoms with van der Waals surface area (Å²) in [5.74, 6) is 0.469. The van der Waals surface area contributed by atoms with Gasteiger partial charge in [0.2, 0.25) is 0 Å². The van der Waals surface area contributed by atoms with E-state index in [1.165, 1.54) is 33.4 Å². The molecule has 0 bridgehead atoms. The van der Waals surface area contributed by atoms with Crippen LogP contribution in [0.25, 0.3) is 11.1 Å². The van der Waals surface area contributed by atoms with Gasteiger partial charge in [-0.3, -0.25) is 0 Å². The Morgan fingerprint density at radius 1 is 0.778 bits per heavy atom. The SMILES string of the molecule is Cc1ccc(C)c2c1C(C)(C)C(C)C21c2ccccc2-c2ccc(Br)cc21. The van der Waals surface area contributed by atoms with E-state index in [-0.39, 0.29) is 10.8 Å². The molecule has 5 rings (SSSR count). The maximum absolute atomic E-state index is 3.76. The molecule has 0 saturated carbocycles. The summed E-state index contributed by atoms with van der Waals surface area (Å²) in [6.45, 7) is 11.9. The van der Waals surface area contributed by atoms with Gasteiger partial charge in [-0.1, -0.05) is 79.2 Å². The Bertz CT molecular complexity index is 1110. The van der Waals surface area contributed by atoms with Crippen LogP contribution in [-0.4, -0.2) is 0 Å². The quantitative estimate of drug-likeness (QED) is 0.360. The standard InChI is InChI=1S/C26H25Br/c1-15-10-11-16(2)24-23(15)25(4,5)17(3)26(24)21-9-7-6-8-19(21)20-13-12-18(27)14-22(20)26/h6-14,17H,1-5H3. The van der Waals surface area contributed by atoms with Gasteiger partial charge in [-0.15, -0.1) is 0 Å². The second-order valence-corrected chi connectivity index (χ2v) is 9.85. The topological polar surface area (TPSA) is 0 Å². The third-order valence-corrected chi connectivity index (χ3v) is 7.93. The summed E-state index contributed by atoms with van der Waals surface area (Å²) < 4.78 is 1.16. The molecule has 2 atom stereocenters. The van der Waals surface area contributed by atoms with E-state index >= 15 is 0 Å². The zero-order valence-electron chi connectivity index (χ0n) is 16.7. The molecule has 0 radical (unpaired) electrons. The van der Waals surface area contributed by atoms with Crippen molar-refractivity contribution in [3.8, 4) is 11.1 Å². The fourth-order valence-electron chi connectivity index (χ4n) is 6.14. The van der Waals surface area contributed by atoms with Gasteiger partial charge < -0.3 is 0 Å². The molecule has 3 aromatic rings. The molecule has 0 aliphatic heterocycles. The third kappa shape index (κ3) is 1.89. The van der Waals surface area contributed by atoms with Gasteiger partial charge in [0.15, 0.2) is 0 Å². The van der Waals surface area contributed by atoms with E-state index < -0.39 is 0 Å². The molecule has 0 amide bonds. The molecule has 1 heteroatoms. The maximum Gasteiger partial charge on any atom is 0.0503 e. The molecule has 2 aliphatic carbocycles. The number of aryl methyl sites for hydroxylation is 2. The lowest BCUT2D eigenvalue weighted by molar-refractivity contribution is 0.302. The van der Waals surface area contributed by atoms with Crippen molar-refractivity contribution in [2.75, 3.05) is 0 Å². The molecule has 0 aromatic heterocycles. The Hall–Kier alpha value is -1.86. The van der Waals surface area contributed by atoms with E-state index in [0.29, 0.717) is 5.92 Å². The van der Waals surface area contributed by atoms with E-state index in [2.05, 4.69) is 105 Å². The summed E-state index contributed by atoms with van der Waals surface area (Å²) in [6, 6.07) is 20.6. The highest BCUT2D eigenvalue weighted by Crippen LogP contribution is 2.66. The molecular formula is C26H25Br. The minimum atomic E-state index is -0.0787. The van der Waals surface area contributed by atoms with Crippen LogP contribution in [0.3, 0.4) is 0 Å². The minimum Gasteiger partial charge on any atom is -0.0619 e. The Morgan fingerprint density at radius 3 is 2.15 bits per heavy atom. The monoisotopic (exact) mass is 416 g/mol. The summed E-state index contributed by atoms with van der Waals surface area (Å²) in [7, 11) is 0. The minimum absolute atomic E-state index is 0.0787. The summed E-state index contributed by atoms with van der Waals surface area (Å²) in [4.78, 5) is 0. The van der Waals surface area contributed by atoms with Crippen molar-refractivity contribution in [1.82, 2.24) is 0 Å². The van der Waals surface area contributed by atoms with E-state index in [0.717, 1.165) is 4.47 Å². The smallest absolute Gasteiger partial charge is 0.0503 e. The number of fused-ring (bicyclic) bond motifs is 7. The van der Waals surface area contributed by atoms with Crippen molar-refractivity contribution < 1.29 is 0 Å². The highest BCUT2D eigenvalue weighted by molar-refractivity contribution is 9.10. The zero-order chi connectivity index (χ0) is 19.1. The van der Waals surface area contributed by atoms with Crippen molar-refractivity contribution in [3.05, 3.63) is 92.5 Å². The number of hydrogen-bond acceptors (Lipinski definition) is 0. The highest BCUT2D eigenvalue weighted by Gasteiger charge is 2.60. The molecule has 1 spiro atoms. The van der Waals surface area contributed by atoms with Crippen LogP contribution in [0.2, 0.25) is 0 Å². The fourth-order valence-corrected chi connectivity index (χ4v) is 6.51. The van der Waals surface area contributed by atoms with Gasteiger partial charge in [0.25, 0.3) is 0 Å². The number of benzene rings is 3. The lowest BCUT2D eigenvalue weighted by atomic mass is 9.64. The van der Waals surface area contributed by atoms with Gasteiger partial charge in [0.05, 0.1) is 5.41 Å². The number of halogens is 1. The van der Waals surface area contributed by atoms with Crippen molar-refractivity contribution in [1.29, 1.82) is 0 Å². The lowest BCUT2D eigenvalue weighted by Crippen LogP contribution is -2.37. The molecule has 0 N–H and O–H groups in total. The first-order valence-corrected chi connectivity index (χ1v) is 10.6. The third-order valence-electron chi connectivity index (χ3n) is 7.44. The second kappa shape index (κ2) is 5.35. The van der Waals surface area contributed by atoms with Crippen molar-refractivity contribution in [2.45, 2.75) is 45.4 Å². The Morgan fingerprint density at radius 2 is 1.41 bits per heavy atom. The van der Waals surface area contributed by atoms with Crippen molar-refractivity contribution in [2.24, 2.45) is 5.92 Å². The first kappa shape index (κ1) is 17.3. The van der Waals surface area contributed by atoms with Gasteiger partial charge in [-0.25, -0.2) is 0 Å². The predicted molar refractivity (Wildman–Crippen MR) is 118 cm³/mol. The molecule has 2 unspecified atom stereocenters. The largest absolute Gasteiger partial charge is 0.0619 e. The molecule has 2 aliphatic rings. The van der Waals surface area contributed by atoms with Gasteiger partial charge in [-0.2, -0.15) is 0 Å². The molecular weight excluding hydrogens is 392 g/mol. The van der Waals surface area contributed by atoms with Gasteiger partial charge >= 0.3 is 0 Å². The predicted octanol–water partition coefficient (Wildman–Crippen LogP) is 7.31. The summed E-state index contributed by atoms with van der Waals surface area (Å²) in [6.07, 6.45) is 0. The molecule has 136 valence electrons. The average molecular weight is 417 g/mol. The zero-order valence-corrected chi connectivity index (χ0v) is 18.2. The second-order valence-electron chi connectivity index (χ2n) is 8.94. The van der Waals surface area contributed by atoms with Crippen LogP contribution >= 0.6 is 15.9 Å². The summed E-state index contributed by atoms with van der Waals surface area (Å²) in [5.41, 5.74) is 11.7. The van der Waals surface area contributed by atoms with Crippen molar-refractivity contribution >= 4 is 15.9 Å². The molecule has 0 saturated heterocycles. The Labute approximate surface area is 170 Å². The molecule has 0 heterocycles. The fraction of sp³-hybridized carbons (Fsp3) is 0.308. The van der Waals surface area contributed by atoms with Crippen LogP contribution in [-0.2, 0) is 10.8 Å². The van der Waals surface area contributed by atoms with Crippen LogP contribution < -0.4 is 0 Å². The molecule has 0 fully saturated rings. The molecule has 3 aromatic carbocycles.